The minimum atomic E-state index is -3.75. The Morgan fingerprint density at radius 1 is 1.08 bits per heavy atom. The minimum Gasteiger partial charge on any atom is -0.374 e. The van der Waals surface area contributed by atoms with E-state index in [4.69, 9.17) is 8.92 Å². The zero-order valence-electron chi connectivity index (χ0n) is 14.2. The van der Waals surface area contributed by atoms with E-state index in [0.717, 1.165) is 11.1 Å². The first-order valence-electron chi connectivity index (χ1n) is 8.38. The molecule has 0 radical (unpaired) electrons. The van der Waals surface area contributed by atoms with Crippen molar-refractivity contribution >= 4 is 16.2 Å². The Morgan fingerprint density at radius 3 is 2.52 bits per heavy atom. The summed E-state index contributed by atoms with van der Waals surface area (Å²) in [6.45, 7) is 2.40. The molecule has 1 heterocycles. The molecule has 25 heavy (non-hydrogen) atoms. The first-order chi connectivity index (χ1) is 12.0. The molecule has 0 aliphatic carbocycles. The van der Waals surface area contributed by atoms with Crippen molar-refractivity contribution in [3.63, 3.8) is 0 Å². The fourth-order valence-corrected chi connectivity index (χ4v) is 3.85. The number of hydrogen-bond acceptors (Lipinski definition) is 4. The average Bonchev–Trinajstić information content (AvgIpc) is 2.61. The van der Waals surface area contributed by atoms with Gasteiger partial charge in [0, 0.05) is 13.0 Å². The van der Waals surface area contributed by atoms with E-state index in [1.54, 1.807) is 24.3 Å². The van der Waals surface area contributed by atoms with E-state index in [1.807, 2.05) is 49.4 Å². The molecule has 0 aromatic heterocycles. The van der Waals surface area contributed by atoms with Crippen LogP contribution in [-0.4, -0.2) is 27.2 Å². The van der Waals surface area contributed by atoms with E-state index in [-0.39, 0.29) is 17.1 Å². The summed E-state index contributed by atoms with van der Waals surface area (Å²) in [7, 11) is -3.75. The van der Waals surface area contributed by atoms with E-state index in [1.165, 1.54) is 0 Å². The van der Waals surface area contributed by atoms with Crippen molar-refractivity contribution in [1.29, 1.82) is 0 Å². The van der Waals surface area contributed by atoms with Crippen LogP contribution in [-0.2, 0) is 19.0 Å². The highest BCUT2D eigenvalue weighted by atomic mass is 32.2. The molecule has 132 valence electrons. The Kier molecular flexibility index (Phi) is 5.68. The number of benzene rings is 2. The van der Waals surface area contributed by atoms with Gasteiger partial charge in [0.2, 0.25) is 0 Å². The first-order valence-corrected chi connectivity index (χ1v) is 9.78. The average molecular weight is 358 g/mol. The molecule has 2 aromatic carbocycles. The lowest BCUT2D eigenvalue weighted by Crippen LogP contribution is -2.31. The smallest absolute Gasteiger partial charge is 0.297 e. The lowest BCUT2D eigenvalue weighted by atomic mass is 10.0. The summed E-state index contributed by atoms with van der Waals surface area (Å²) < 4.78 is 36.0. The van der Waals surface area contributed by atoms with E-state index < -0.39 is 10.1 Å². The van der Waals surface area contributed by atoms with Crippen molar-refractivity contribution in [2.75, 3.05) is 6.61 Å². The molecule has 5 heteroatoms. The van der Waals surface area contributed by atoms with E-state index >= 15 is 0 Å². The van der Waals surface area contributed by atoms with Gasteiger partial charge in [-0.15, -0.1) is 0 Å². The van der Waals surface area contributed by atoms with Crippen molar-refractivity contribution < 1.29 is 17.3 Å². The third-order valence-electron chi connectivity index (χ3n) is 4.14. The quantitative estimate of drug-likeness (QED) is 0.759. The van der Waals surface area contributed by atoms with Crippen molar-refractivity contribution in [2.45, 2.75) is 36.9 Å². The first kappa shape index (κ1) is 17.9. The molecule has 1 saturated heterocycles. The highest BCUT2D eigenvalue weighted by Gasteiger charge is 2.27. The van der Waals surface area contributed by atoms with Gasteiger partial charge in [-0.3, -0.25) is 4.18 Å². The molecule has 0 saturated carbocycles. The summed E-state index contributed by atoms with van der Waals surface area (Å²) in [6, 6.07) is 16.6. The predicted molar refractivity (Wildman–Crippen MR) is 97.7 cm³/mol. The molecule has 1 aliphatic rings. The van der Waals surface area contributed by atoms with Crippen LogP contribution in [0.5, 0.6) is 0 Å². The zero-order chi connectivity index (χ0) is 17.7. The summed E-state index contributed by atoms with van der Waals surface area (Å²) in [5, 5.41) is 0. The van der Waals surface area contributed by atoms with Gasteiger partial charge >= 0.3 is 0 Å². The normalized spacial score (nSPS) is 21.5. The van der Waals surface area contributed by atoms with Gasteiger partial charge in [-0.2, -0.15) is 8.42 Å². The third kappa shape index (κ3) is 5.01. The van der Waals surface area contributed by atoms with Gasteiger partial charge in [0.05, 0.1) is 17.1 Å². The number of hydrogen-bond donors (Lipinski definition) is 0. The highest BCUT2D eigenvalue weighted by molar-refractivity contribution is 7.86. The second-order valence-corrected chi connectivity index (χ2v) is 7.76. The predicted octanol–water partition coefficient (Wildman–Crippen LogP) is 3.96. The maximum atomic E-state index is 12.4. The van der Waals surface area contributed by atoms with E-state index in [0.29, 0.717) is 19.4 Å². The van der Waals surface area contributed by atoms with Gasteiger partial charge in [-0.25, -0.2) is 0 Å². The van der Waals surface area contributed by atoms with Gasteiger partial charge in [-0.1, -0.05) is 60.2 Å². The van der Waals surface area contributed by atoms with Gasteiger partial charge in [-0.05, 0) is 31.0 Å². The minimum absolute atomic E-state index is 0.146. The Hall–Kier alpha value is -1.95. The maximum Gasteiger partial charge on any atom is 0.297 e. The Morgan fingerprint density at radius 2 is 1.80 bits per heavy atom. The molecule has 1 aliphatic heterocycles. The summed E-state index contributed by atoms with van der Waals surface area (Å²) in [5.74, 6) is 0. The van der Waals surface area contributed by atoms with Crippen molar-refractivity contribution in [2.24, 2.45) is 0 Å². The lowest BCUT2D eigenvalue weighted by molar-refractivity contribution is -0.00886. The van der Waals surface area contributed by atoms with Gasteiger partial charge in [0.15, 0.2) is 0 Å². The topological polar surface area (TPSA) is 52.6 Å². The maximum absolute atomic E-state index is 12.4. The second kappa shape index (κ2) is 7.95. The number of aryl methyl sites for hydroxylation is 1. The molecule has 1 fully saturated rings. The molecule has 0 N–H and O–H groups in total. The molecule has 2 atom stereocenters. The largest absolute Gasteiger partial charge is 0.374 e. The van der Waals surface area contributed by atoms with Crippen LogP contribution in [0.1, 0.15) is 24.0 Å². The summed E-state index contributed by atoms with van der Waals surface area (Å²) in [4.78, 5) is 0.195. The molecule has 4 nitrogen and oxygen atoms in total. The molecule has 0 spiro atoms. The fourth-order valence-electron chi connectivity index (χ4n) is 2.74. The summed E-state index contributed by atoms with van der Waals surface area (Å²) in [6.07, 6.45) is 4.53. The van der Waals surface area contributed by atoms with Crippen LogP contribution in [0.2, 0.25) is 0 Å². The van der Waals surface area contributed by atoms with Crippen LogP contribution in [0.25, 0.3) is 6.08 Å². The van der Waals surface area contributed by atoms with Gasteiger partial charge < -0.3 is 4.74 Å². The third-order valence-corrected chi connectivity index (χ3v) is 5.52. The Balaban J connectivity index is 1.63. The van der Waals surface area contributed by atoms with Crippen molar-refractivity contribution in [3.8, 4) is 0 Å². The summed E-state index contributed by atoms with van der Waals surface area (Å²) >= 11 is 0. The SMILES string of the molecule is Cc1ccc(S(=O)(=O)O[C@H]2CCO[C@@H](/C=C/c3ccccc3)C2)cc1. The van der Waals surface area contributed by atoms with Gasteiger partial charge in [0.25, 0.3) is 10.1 Å². The second-order valence-electron chi connectivity index (χ2n) is 6.19. The molecular formula is C20H22O4S. The van der Waals surface area contributed by atoms with E-state index in [2.05, 4.69) is 0 Å². The van der Waals surface area contributed by atoms with Crippen LogP contribution in [0.3, 0.4) is 0 Å². The molecule has 0 amide bonds. The van der Waals surface area contributed by atoms with Crippen LogP contribution in [0.15, 0.2) is 65.6 Å². The Labute approximate surface area is 149 Å². The lowest BCUT2D eigenvalue weighted by Gasteiger charge is -2.27. The van der Waals surface area contributed by atoms with Crippen LogP contribution in [0, 0.1) is 6.92 Å². The molecule has 0 unspecified atom stereocenters. The van der Waals surface area contributed by atoms with Crippen molar-refractivity contribution in [3.05, 3.63) is 71.8 Å². The Bertz CT molecular complexity index is 811. The fraction of sp³-hybridized carbons (Fsp3) is 0.300. The summed E-state index contributed by atoms with van der Waals surface area (Å²) in [5.41, 5.74) is 2.09. The van der Waals surface area contributed by atoms with E-state index in [9.17, 15) is 8.42 Å². The zero-order valence-corrected chi connectivity index (χ0v) is 15.0. The molecule has 2 aromatic rings. The number of ether oxygens (including phenoxy) is 1. The monoisotopic (exact) mass is 358 g/mol. The molecule has 3 rings (SSSR count). The van der Waals surface area contributed by atoms with Crippen LogP contribution in [0.4, 0.5) is 0 Å². The molecular weight excluding hydrogens is 336 g/mol. The highest BCUT2D eigenvalue weighted by Crippen LogP contribution is 2.23. The van der Waals surface area contributed by atoms with Crippen LogP contribution < -0.4 is 0 Å². The van der Waals surface area contributed by atoms with Crippen LogP contribution >= 0.6 is 0 Å². The molecule has 0 bridgehead atoms. The standard InChI is InChI=1S/C20H22O4S/c1-16-7-11-20(12-8-16)25(21,22)24-19-13-14-23-18(15-19)10-9-17-5-3-2-4-6-17/h2-12,18-19H,13-15H2,1H3/b10-9+/t18-,19-/m0/s1. The van der Waals surface area contributed by atoms with Crippen molar-refractivity contribution in [1.82, 2.24) is 0 Å². The van der Waals surface area contributed by atoms with Gasteiger partial charge in [0.1, 0.15) is 0 Å². The number of rotatable bonds is 5.